The fraction of sp³-hybridized carbons (Fsp3) is 0.860. The lowest BCUT2D eigenvalue weighted by Crippen LogP contribution is -2.37. The summed E-state index contributed by atoms with van der Waals surface area (Å²) in [5.41, 5.74) is 0. The number of hydrogen-bond donors (Lipinski definition) is 0. The number of phosphoric ester groups is 1. The second kappa shape index (κ2) is 43.4. The summed E-state index contributed by atoms with van der Waals surface area (Å²) in [6.07, 6.45) is 51.6. The van der Waals surface area contributed by atoms with Crippen LogP contribution in [0.15, 0.2) is 36.5 Å². The zero-order valence-electron chi connectivity index (χ0n) is 39.5. The van der Waals surface area contributed by atoms with E-state index >= 15 is 0 Å². The van der Waals surface area contributed by atoms with Crippen LogP contribution in [0.4, 0.5) is 0 Å². The molecule has 2 unspecified atom stereocenters. The number of nitrogens with zero attached hydrogens (tertiary/aromatic N) is 1. The topological polar surface area (TPSA) is 94.1 Å². The van der Waals surface area contributed by atoms with Gasteiger partial charge < -0.3 is 27.9 Å². The lowest BCUT2D eigenvalue weighted by atomic mass is 10.1. The first-order chi connectivity index (χ1) is 28.6. The number of hydrogen-bond acceptors (Lipinski definition) is 7. The Bertz CT molecular complexity index is 1040. The van der Waals surface area contributed by atoms with Crippen molar-refractivity contribution in [3.05, 3.63) is 36.5 Å². The standard InChI is InChI=1S/C50H96NO7P/c1-6-8-10-12-14-16-18-20-22-24-25-26-28-30-32-34-36-38-40-42-45-55-47-49(48-57-59(53,54)56-46-44-51(3,4)5)58-50(52)43-41-39-37-35-33-31-29-27-23-21-19-17-15-13-11-9-7-2/h14,16,20-23,49H,6-13,15,17-19,24-48H2,1-5H3/b16-14-,22-20-,23-21-. The van der Waals surface area contributed by atoms with E-state index in [1.54, 1.807) is 0 Å². The number of quaternary nitrogens is 1. The van der Waals surface area contributed by atoms with Crippen molar-refractivity contribution in [2.75, 3.05) is 54.1 Å². The van der Waals surface area contributed by atoms with Crippen molar-refractivity contribution in [1.82, 2.24) is 0 Å². The van der Waals surface area contributed by atoms with E-state index < -0.39 is 13.9 Å². The molecule has 8 nitrogen and oxygen atoms in total. The van der Waals surface area contributed by atoms with Crippen LogP contribution in [-0.4, -0.2) is 70.7 Å². The summed E-state index contributed by atoms with van der Waals surface area (Å²) in [6.45, 7) is 5.40. The zero-order chi connectivity index (χ0) is 43.4. The number of rotatable bonds is 46. The molecule has 0 radical (unpaired) electrons. The van der Waals surface area contributed by atoms with E-state index in [1.807, 2.05) is 21.1 Å². The molecular weight excluding hydrogens is 758 g/mol. The first-order valence-corrected chi connectivity index (χ1v) is 26.2. The highest BCUT2D eigenvalue weighted by Crippen LogP contribution is 2.38. The number of ether oxygens (including phenoxy) is 2. The van der Waals surface area contributed by atoms with Crippen molar-refractivity contribution in [1.29, 1.82) is 0 Å². The van der Waals surface area contributed by atoms with Crippen LogP contribution in [0.5, 0.6) is 0 Å². The maximum absolute atomic E-state index is 12.7. The van der Waals surface area contributed by atoms with Crippen molar-refractivity contribution >= 4 is 13.8 Å². The number of carbonyl (C=O) groups excluding carboxylic acids is 1. The highest BCUT2D eigenvalue weighted by molar-refractivity contribution is 7.45. The predicted octanol–water partition coefficient (Wildman–Crippen LogP) is 14.3. The second-order valence-corrected chi connectivity index (χ2v) is 19.2. The fourth-order valence-electron chi connectivity index (χ4n) is 6.81. The van der Waals surface area contributed by atoms with Crippen LogP contribution in [0.2, 0.25) is 0 Å². The summed E-state index contributed by atoms with van der Waals surface area (Å²) in [5.74, 6) is -0.338. The molecule has 59 heavy (non-hydrogen) atoms. The van der Waals surface area contributed by atoms with E-state index in [9.17, 15) is 14.3 Å². The molecule has 0 heterocycles. The number of carbonyl (C=O) groups is 1. The minimum absolute atomic E-state index is 0.0250. The first-order valence-electron chi connectivity index (χ1n) is 24.7. The molecule has 0 aromatic carbocycles. The molecule has 348 valence electrons. The van der Waals surface area contributed by atoms with Gasteiger partial charge >= 0.3 is 5.97 Å². The van der Waals surface area contributed by atoms with Crippen molar-refractivity contribution in [2.45, 2.75) is 225 Å². The Kier molecular flexibility index (Phi) is 42.4. The summed E-state index contributed by atoms with van der Waals surface area (Å²) >= 11 is 0. The zero-order valence-corrected chi connectivity index (χ0v) is 40.4. The third-order valence-corrected chi connectivity index (χ3v) is 11.6. The SMILES string of the molecule is CCCCC/C=C\C/C=C\CCCCCCCCCCCCOCC(COP(=O)([O-])OCC[N+](C)(C)C)OC(=O)CCCCCCCCC/C=C\CCCCCCCC. The van der Waals surface area contributed by atoms with Gasteiger partial charge in [-0.05, 0) is 70.6 Å². The van der Waals surface area contributed by atoms with Crippen LogP contribution >= 0.6 is 7.82 Å². The second-order valence-electron chi connectivity index (χ2n) is 17.8. The van der Waals surface area contributed by atoms with Gasteiger partial charge in [0.05, 0.1) is 34.4 Å². The van der Waals surface area contributed by atoms with Crippen LogP contribution in [0.3, 0.4) is 0 Å². The molecule has 0 fully saturated rings. The van der Waals surface area contributed by atoms with Crippen LogP contribution in [0.25, 0.3) is 0 Å². The van der Waals surface area contributed by atoms with Gasteiger partial charge in [-0.3, -0.25) is 9.36 Å². The van der Waals surface area contributed by atoms with Gasteiger partial charge in [-0.15, -0.1) is 0 Å². The maximum atomic E-state index is 12.7. The number of unbranched alkanes of at least 4 members (excludes halogenated alkanes) is 26. The Morgan fingerprint density at radius 1 is 0.525 bits per heavy atom. The van der Waals surface area contributed by atoms with Gasteiger partial charge in [0.2, 0.25) is 0 Å². The Hall–Kier alpha value is -1.28. The van der Waals surface area contributed by atoms with Gasteiger partial charge in [0, 0.05) is 13.0 Å². The van der Waals surface area contributed by atoms with Gasteiger partial charge in [-0.2, -0.15) is 0 Å². The first kappa shape index (κ1) is 57.7. The summed E-state index contributed by atoms with van der Waals surface area (Å²) in [4.78, 5) is 25.1. The monoisotopic (exact) mass is 854 g/mol. The predicted molar refractivity (Wildman–Crippen MR) is 250 cm³/mol. The highest BCUT2D eigenvalue weighted by atomic mass is 31.2. The largest absolute Gasteiger partial charge is 0.756 e. The van der Waals surface area contributed by atoms with Crippen LogP contribution in [0, 0.1) is 0 Å². The van der Waals surface area contributed by atoms with Gasteiger partial charge in [-0.25, -0.2) is 0 Å². The molecule has 0 aliphatic carbocycles. The highest BCUT2D eigenvalue weighted by Gasteiger charge is 2.20. The molecular formula is C50H96NO7P. The number of esters is 1. The van der Waals surface area contributed by atoms with Crippen LogP contribution < -0.4 is 4.89 Å². The van der Waals surface area contributed by atoms with Crippen LogP contribution in [-0.2, 0) is 27.9 Å². The van der Waals surface area contributed by atoms with Gasteiger partial charge in [-0.1, -0.05) is 179 Å². The number of phosphoric acid groups is 1. The molecule has 0 spiro atoms. The lowest BCUT2D eigenvalue weighted by molar-refractivity contribution is -0.870. The van der Waals surface area contributed by atoms with E-state index in [0.29, 0.717) is 24.1 Å². The molecule has 2 atom stereocenters. The minimum atomic E-state index is -4.53. The van der Waals surface area contributed by atoms with Crippen molar-refractivity contribution < 1.29 is 37.3 Å². The Balaban J connectivity index is 4.16. The Morgan fingerprint density at radius 3 is 1.42 bits per heavy atom. The molecule has 0 rings (SSSR count). The van der Waals surface area contributed by atoms with Crippen molar-refractivity contribution in [2.24, 2.45) is 0 Å². The van der Waals surface area contributed by atoms with Crippen molar-refractivity contribution in [3.8, 4) is 0 Å². The van der Waals surface area contributed by atoms with Gasteiger partial charge in [0.1, 0.15) is 19.3 Å². The van der Waals surface area contributed by atoms with Crippen molar-refractivity contribution in [3.63, 3.8) is 0 Å². The molecule has 0 saturated carbocycles. The quantitative estimate of drug-likeness (QED) is 0.0198. The Morgan fingerprint density at radius 2 is 0.932 bits per heavy atom. The van der Waals surface area contributed by atoms with Gasteiger partial charge in [0.15, 0.2) is 0 Å². The van der Waals surface area contributed by atoms with E-state index in [0.717, 1.165) is 38.5 Å². The smallest absolute Gasteiger partial charge is 0.306 e. The normalized spacial score (nSPS) is 13.9. The molecule has 0 aromatic heterocycles. The number of likely N-dealkylation sites (N-methyl/N-ethyl adjacent to an activating group) is 1. The minimum Gasteiger partial charge on any atom is -0.756 e. The molecule has 0 amide bonds. The average molecular weight is 854 g/mol. The van der Waals surface area contributed by atoms with E-state index in [2.05, 4.69) is 50.3 Å². The molecule has 0 aromatic rings. The number of allylic oxidation sites excluding steroid dienone is 6. The Labute approximate surface area is 365 Å². The summed E-state index contributed by atoms with van der Waals surface area (Å²) < 4.78 is 34.7. The van der Waals surface area contributed by atoms with Crippen LogP contribution in [0.1, 0.15) is 219 Å². The molecule has 0 N–H and O–H groups in total. The van der Waals surface area contributed by atoms with E-state index in [-0.39, 0.29) is 25.8 Å². The molecule has 0 bridgehead atoms. The average Bonchev–Trinajstić information content (AvgIpc) is 3.19. The summed E-state index contributed by atoms with van der Waals surface area (Å²) in [5, 5.41) is 0. The fourth-order valence-corrected chi connectivity index (χ4v) is 7.54. The van der Waals surface area contributed by atoms with E-state index in [1.165, 1.54) is 161 Å². The third kappa shape index (κ3) is 47.6. The van der Waals surface area contributed by atoms with E-state index in [4.69, 9.17) is 18.5 Å². The molecule has 0 aliphatic heterocycles. The summed E-state index contributed by atoms with van der Waals surface area (Å²) in [6, 6.07) is 0. The lowest BCUT2D eigenvalue weighted by Gasteiger charge is -2.28. The molecule has 9 heteroatoms. The van der Waals surface area contributed by atoms with Gasteiger partial charge in [0.25, 0.3) is 7.82 Å². The molecule has 0 aliphatic rings. The maximum Gasteiger partial charge on any atom is 0.306 e. The third-order valence-electron chi connectivity index (χ3n) is 10.7. The summed E-state index contributed by atoms with van der Waals surface area (Å²) in [7, 11) is 1.36. The molecule has 0 saturated heterocycles.